The molecule has 14 heteroatoms. The Bertz CT molecular complexity index is 3370. The van der Waals surface area contributed by atoms with E-state index in [1.54, 1.807) is 61.4 Å². The fourth-order valence-corrected chi connectivity index (χ4v) is 37.0. The van der Waals surface area contributed by atoms with Gasteiger partial charge < -0.3 is 4.57 Å². The summed E-state index contributed by atoms with van der Waals surface area (Å²) in [4.78, 5) is 20.4. The van der Waals surface area contributed by atoms with Crippen LogP contribution in [0.5, 0.6) is 0 Å². The first kappa shape index (κ1) is 60.2. The summed E-state index contributed by atoms with van der Waals surface area (Å²) < 4.78 is 21.7. The van der Waals surface area contributed by atoms with E-state index >= 15 is 0 Å². The average Bonchev–Trinajstić information content (AvgIpc) is 4.39. The molecule has 8 aromatic heterocycles. The summed E-state index contributed by atoms with van der Waals surface area (Å²) in [5, 5.41) is 0. The van der Waals surface area contributed by atoms with Crippen molar-refractivity contribution < 1.29 is 0 Å². The molecule has 404 valence electrons. The van der Waals surface area contributed by atoms with Crippen LogP contribution in [0, 0.1) is 13.8 Å². The molecule has 0 aliphatic heterocycles. The van der Waals surface area contributed by atoms with Gasteiger partial charge in [-0.3, -0.25) is 19.9 Å². The molecule has 0 aliphatic carbocycles. The zero-order valence-electron chi connectivity index (χ0n) is 46.3. The van der Waals surface area contributed by atoms with Crippen molar-refractivity contribution >= 4 is 187 Å². The molecule has 0 spiro atoms. The van der Waals surface area contributed by atoms with E-state index in [4.69, 9.17) is 0 Å². The molecule has 0 amide bonds. The van der Waals surface area contributed by atoms with Gasteiger partial charge in [-0.05, 0) is 82.0 Å². The molecule has 0 saturated carbocycles. The Kier molecular flexibility index (Phi) is 23.5. The number of benzene rings is 2. The van der Waals surface area contributed by atoms with E-state index in [2.05, 4.69) is 168 Å². The number of aromatic nitrogens is 6. The zero-order valence-corrected chi connectivity index (χ0v) is 58.9. The van der Waals surface area contributed by atoms with Crippen molar-refractivity contribution in [1.29, 1.82) is 0 Å². The van der Waals surface area contributed by atoms with E-state index in [1.807, 2.05) is 37.7 Å². The third-order valence-corrected chi connectivity index (χ3v) is 40.8. The maximum atomic E-state index is 4.69. The predicted octanol–water partition coefficient (Wildman–Crippen LogP) is 20.5. The van der Waals surface area contributed by atoms with E-state index in [9.17, 15) is 0 Å². The van der Waals surface area contributed by atoms with Crippen LogP contribution in [0.15, 0.2) is 82.3 Å². The fraction of sp³-hybridized carbons (Fsp3) is 0.484. The third kappa shape index (κ3) is 14.4. The molecule has 0 unspecified atom stereocenters. The van der Waals surface area contributed by atoms with Gasteiger partial charge in [-0.25, -0.2) is 0 Å². The normalized spacial score (nSPS) is 12.0. The Hall–Kier alpha value is -1.92. The Morgan fingerprint density at radius 2 is 0.908 bits per heavy atom. The van der Waals surface area contributed by atoms with Crippen molar-refractivity contribution in [2.45, 2.75) is 190 Å². The Morgan fingerprint density at radius 1 is 0.461 bits per heavy atom. The molecular weight excluding hydrogens is 1350 g/mol. The van der Waals surface area contributed by atoms with Crippen LogP contribution in [0.25, 0.3) is 73.4 Å². The minimum absolute atomic E-state index is 0.881. The molecule has 6 nitrogen and oxygen atoms in total. The van der Waals surface area contributed by atoms with Gasteiger partial charge in [-0.2, -0.15) is 0 Å². The summed E-state index contributed by atoms with van der Waals surface area (Å²) in [5.41, 5.74) is 12.1. The van der Waals surface area contributed by atoms with Crippen LogP contribution in [-0.2, 0) is 13.1 Å². The quantitative estimate of drug-likeness (QED) is 0.0423. The van der Waals surface area contributed by atoms with Gasteiger partial charge in [-0.1, -0.05) is 51.2 Å². The molecule has 0 bridgehead atoms. The summed E-state index contributed by atoms with van der Waals surface area (Å²) in [5.74, 6) is 0. The summed E-state index contributed by atoms with van der Waals surface area (Å²) in [7, 11) is 0. The summed E-state index contributed by atoms with van der Waals surface area (Å²) in [6.07, 6.45) is 31.7. The third-order valence-electron chi connectivity index (χ3n) is 15.2. The fourth-order valence-electron chi connectivity index (χ4n) is 11.0. The van der Waals surface area contributed by atoms with Crippen LogP contribution >= 0.6 is 77.2 Å². The van der Waals surface area contributed by atoms with Crippen LogP contribution in [0.2, 0.25) is 13.3 Å². The molecule has 2 radical (unpaired) electrons. The summed E-state index contributed by atoms with van der Waals surface area (Å²) in [6.45, 7) is 18.5. The van der Waals surface area contributed by atoms with E-state index in [-0.39, 0.29) is 0 Å². The molecule has 8 heterocycles. The van der Waals surface area contributed by atoms with Crippen molar-refractivity contribution in [3.8, 4) is 10.4 Å². The molecule has 76 heavy (non-hydrogen) atoms. The van der Waals surface area contributed by atoms with Crippen molar-refractivity contribution in [3.63, 3.8) is 0 Å². The zero-order chi connectivity index (χ0) is 53.6. The van der Waals surface area contributed by atoms with Gasteiger partial charge in [0, 0.05) is 55.6 Å². The molecule has 0 aliphatic rings. The number of unbranched alkanes of at least 4 members (excludes halogenated alkanes) is 13. The molecule has 0 N–H and O–H groups in total. The van der Waals surface area contributed by atoms with Crippen LogP contribution < -0.4 is 5.79 Å². The van der Waals surface area contributed by atoms with E-state index in [0.717, 1.165) is 37.6 Å². The molecule has 0 fully saturated rings. The monoisotopic (exact) mass is 1430 g/mol. The number of hydrogen-bond acceptors (Lipinski definition) is 8. The molecule has 2 aromatic carbocycles. The van der Waals surface area contributed by atoms with Gasteiger partial charge in [0.05, 0.1) is 31.5 Å². The summed E-state index contributed by atoms with van der Waals surface area (Å²) in [6, 6.07) is 18.3. The number of aryl methyl sites for hydroxylation is 4. The maximum Gasteiger partial charge on any atom is 0.0975 e. The van der Waals surface area contributed by atoms with Crippen LogP contribution in [0.4, 0.5) is 0 Å². The van der Waals surface area contributed by atoms with Gasteiger partial charge in [-0.15, -0.1) is 22.7 Å². The minimum atomic E-state index is -2.36. The van der Waals surface area contributed by atoms with Crippen LogP contribution in [0.1, 0.15) is 161 Å². The second-order valence-electron chi connectivity index (χ2n) is 21.0. The van der Waals surface area contributed by atoms with Gasteiger partial charge >= 0.3 is 231 Å². The SMILES string of the molecule is Brc1ccc(Br)c2nccnc12.CCCCCCCCn1c2c[c]([SnH])sc2c2s[c]([Sn]([CH2]CCC)([CH2]CCC)[CH2]CCC)cc21.CCCCCCCCn1c2cc(C)sc2c2sc(-c3ccc(C)c4nccnc34)cc21. The molecule has 0 saturated heterocycles. The van der Waals surface area contributed by atoms with Gasteiger partial charge in [0.2, 0.25) is 0 Å². The second-order valence-corrected chi connectivity index (χ2v) is 44.3. The molecule has 10 aromatic rings. The largest absolute Gasteiger partial charge is 0.339 e. The first-order valence-corrected chi connectivity index (χ1v) is 42.6. The Labute approximate surface area is 503 Å². The Morgan fingerprint density at radius 3 is 1.47 bits per heavy atom. The van der Waals surface area contributed by atoms with Crippen LogP contribution in [-0.4, -0.2) is 70.0 Å². The first-order chi connectivity index (χ1) is 37.1. The smallest absolute Gasteiger partial charge is 0.0975 e. The molecule has 0 atom stereocenters. The van der Waals surface area contributed by atoms with Gasteiger partial charge in [0.1, 0.15) is 11.0 Å². The van der Waals surface area contributed by atoms with Crippen molar-refractivity contribution in [2.24, 2.45) is 0 Å². The first-order valence-electron chi connectivity index (χ1n) is 28.6. The average molecular weight is 1430 g/mol. The predicted molar refractivity (Wildman–Crippen MR) is 351 cm³/mol. The number of hydrogen-bond donors (Lipinski definition) is 0. The number of fused-ring (bicyclic) bond motifs is 8. The van der Waals surface area contributed by atoms with E-state index in [1.165, 1.54) is 186 Å². The molecular formula is C62H80Br2N6S4Sn2. The second kappa shape index (κ2) is 29.7. The number of thiophene rings is 4. The number of rotatable bonds is 25. The standard InChI is InChI=1S/C26H29N3S2.C16H19NS2.C8H4Br2N2.3C4H9.2Sn.H/c1-4-5-6-7-8-9-14-29-20-15-18(3)30-25(20)26-21(29)16-22(31-26)19-11-10-17(2)23-24(19)28-13-12-27-23;1-2-3-4-5-6-7-10-17-13-8-11-18-15(13)16-14(17)9-12-19-16;9-5-1-2-6(10)8-7(5)11-3-4-12-8;3*1-3-4-2;;;/h10-13,15-16H,4-9,14H2,1-3H3;8-9H,2-7,10H2,1H3;1-4H;3*1,3-4H2,2H3;;;. The van der Waals surface area contributed by atoms with Gasteiger partial charge in [0.15, 0.2) is 0 Å². The van der Waals surface area contributed by atoms with Crippen molar-refractivity contribution in [1.82, 2.24) is 29.1 Å². The maximum absolute atomic E-state index is 4.69. The topological polar surface area (TPSA) is 61.4 Å². The Balaban J connectivity index is 0.000000166. The number of nitrogens with zero attached hydrogens (tertiary/aromatic N) is 6. The number of halogens is 2. The van der Waals surface area contributed by atoms with Crippen molar-refractivity contribution in [2.75, 3.05) is 0 Å². The van der Waals surface area contributed by atoms with Crippen molar-refractivity contribution in [3.05, 3.63) is 92.7 Å². The minimum Gasteiger partial charge on any atom is -0.339 e. The van der Waals surface area contributed by atoms with E-state index < -0.39 is 18.4 Å². The van der Waals surface area contributed by atoms with E-state index in [0.29, 0.717) is 0 Å². The van der Waals surface area contributed by atoms with Crippen LogP contribution in [0.3, 0.4) is 0 Å². The summed E-state index contributed by atoms with van der Waals surface area (Å²) >= 11 is 13.9. The van der Waals surface area contributed by atoms with Gasteiger partial charge in [0.25, 0.3) is 0 Å². The molecule has 10 rings (SSSR count).